The van der Waals surface area contributed by atoms with Gasteiger partial charge in [-0.2, -0.15) is 13.2 Å². The normalized spacial score (nSPS) is 23.9. The standard InChI is InChI=1S/C23H28F3N7O/c1-13-7-15(9-27-8-13)30-22-29-11-18(23(24,25)26)20(32-22)17-10-28-21-16(17)3-4-19(31-21)33-5-6-34-12-14(33)2/h3-4,10-11,13-15,27H,5-9,12H2,1-2H3,(H,28,31)(H,29,30,32)/t13-,14-,15-/m0/s1. The van der Waals surface area contributed by atoms with E-state index < -0.39 is 11.7 Å². The highest BCUT2D eigenvalue weighted by Gasteiger charge is 2.36. The van der Waals surface area contributed by atoms with Crippen LogP contribution < -0.4 is 15.5 Å². The molecule has 3 atom stereocenters. The second-order valence-corrected chi connectivity index (χ2v) is 9.18. The summed E-state index contributed by atoms with van der Waals surface area (Å²) >= 11 is 0. The van der Waals surface area contributed by atoms with Crippen LogP contribution in [0.4, 0.5) is 24.9 Å². The summed E-state index contributed by atoms with van der Waals surface area (Å²) in [4.78, 5) is 18.2. The molecular formula is C23H28F3N7O. The molecule has 3 aromatic heterocycles. The van der Waals surface area contributed by atoms with Crippen molar-refractivity contribution in [3.05, 3.63) is 30.1 Å². The number of morpholine rings is 1. The molecule has 0 bridgehead atoms. The number of piperidine rings is 1. The Hall–Kier alpha value is -2.92. The van der Waals surface area contributed by atoms with Crippen molar-refractivity contribution in [2.75, 3.05) is 43.1 Å². The van der Waals surface area contributed by atoms with Gasteiger partial charge < -0.3 is 25.3 Å². The minimum atomic E-state index is -4.59. The van der Waals surface area contributed by atoms with Crippen LogP contribution in [0, 0.1) is 5.92 Å². The van der Waals surface area contributed by atoms with Gasteiger partial charge in [0.15, 0.2) is 0 Å². The molecule has 3 N–H and O–H groups in total. The Kier molecular flexibility index (Phi) is 6.07. The van der Waals surface area contributed by atoms with Crippen LogP contribution in [0.15, 0.2) is 24.5 Å². The van der Waals surface area contributed by atoms with Crippen LogP contribution in [0.1, 0.15) is 25.8 Å². The van der Waals surface area contributed by atoms with E-state index in [0.29, 0.717) is 48.8 Å². The van der Waals surface area contributed by atoms with Gasteiger partial charge in [-0.05, 0) is 37.9 Å². The van der Waals surface area contributed by atoms with Gasteiger partial charge in [-0.1, -0.05) is 6.92 Å². The van der Waals surface area contributed by atoms with Gasteiger partial charge in [0.05, 0.1) is 24.9 Å². The molecule has 0 saturated carbocycles. The van der Waals surface area contributed by atoms with Crippen molar-refractivity contribution in [2.45, 2.75) is 38.5 Å². The number of nitrogens with zero attached hydrogens (tertiary/aromatic N) is 4. The summed E-state index contributed by atoms with van der Waals surface area (Å²) in [6, 6.07) is 3.85. The van der Waals surface area contributed by atoms with Gasteiger partial charge in [0.1, 0.15) is 17.0 Å². The summed E-state index contributed by atoms with van der Waals surface area (Å²) in [6.45, 7) is 7.75. The number of fused-ring (bicyclic) bond motifs is 1. The molecule has 34 heavy (non-hydrogen) atoms. The number of pyridine rings is 1. The average Bonchev–Trinajstić information content (AvgIpc) is 3.22. The van der Waals surface area contributed by atoms with Crippen molar-refractivity contribution in [1.82, 2.24) is 25.3 Å². The lowest BCUT2D eigenvalue weighted by Crippen LogP contribution is -2.44. The van der Waals surface area contributed by atoms with Crippen LogP contribution in [-0.4, -0.2) is 64.9 Å². The number of alkyl halides is 3. The molecule has 5 rings (SSSR count). The Morgan fingerprint density at radius 1 is 1.18 bits per heavy atom. The fourth-order valence-corrected chi connectivity index (χ4v) is 4.73. The lowest BCUT2D eigenvalue weighted by atomic mass is 9.98. The number of anilines is 2. The third kappa shape index (κ3) is 4.54. The number of aromatic amines is 1. The molecule has 0 amide bonds. The molecule has 2 saturated heterocycles. The maximum absolute atomic E-state index is 13.9. The summed E-state index contributed by atoms with van der Waals surface area (Å²) in [7, 11) is 0. The van der Waals surface area contributed by atoms with E-state index in [9.17, 15) is 13.2 Å². The molecule has 2 aliphatic rings. The van der Waals surface area contributed by atoms with Crippen LogP contribution in [0.25, 0.3) is 22.3 Å². The molecule has 0 radical (unpaired) electrons. The van der Waals surface area contributed by atoms with E-state index in [2.05, 4.69) is 49.3 Å². The minimum Gasteiger partial charge on any atom is -0.377 e. The van der Waals surface area contributed by atoms with Crippen LogP contribution in [0.3, 0.4) is 0 Å². The highest BCUT2D eigenvalue weighted by atomic mass is 19.4. The topological polar surface area (TPSA) is 91.0 Å². The Labute approximate surface area is 195 Å². The van der Waals surface area contributed by atoms with Crippen LogP contribution in [0.5, 0.6) is 0 Å². The molecule has 182 valence electrons. The molecule has 2 aliphatic heterocycles. The molecule has 8 nitrogen and oxygen atoms in total. The smallest absolute Gasteiger partial charge is 0.377 e. The van der Waals surface area contributed by atoms with E-state index >= 15 is 0 Å². The lowest BCUT2D eigenvalue weighted by molar-refractivity contribution is -0.137. The Bertz CT molecular complexity index is 1170. The summed E-state index contributed by atoms with van der Waals surface area (Å²) in [6.07, 6.45) is -1.29. The van der Waals surface area contributed by atoms with Gasteiger partial charge >= 0.3 is 6.18 Å². The number of ether oxygens (including phenoxy) is 1. The fourth-order valence-electron chi connectivity index (χ4n) is 4.73. The van der Waals surface area contributed by atoms with Crippen LogP contribution in [0.2, 0.25) is 0 Å². The van der Waals surface area contributed by atoms with E-state index in [0.717, 1.165) is 25.0 Å². The van der Waals surface area contributed by atoms with Crippen LogP contribution in [-0.2, 0) is 10.9 Å². The van der Waals surface area contributed by atoms with Gasteiger partial charge in [0, 0.05) is 42.5 Å². The molecule has 0 aromatic carbocycles. The Morgan fingerprint density at radius 2 is 2.03 bits per heavy atom. The van der Waals surface area contributed by atoms with Gasteiger partial charge in [-0.25, -0.2) is 15.0 Å². The second kappa shape index (κ2) is 9.03. The molecule has 2 fully saturated rings. The van der Waals surface area contributed by atoms with Crippen LogP contribution >= 0.6 is 0 Å². The molecule has 11 heteroatoms. The highest BCUT2D eigenvalue weighted by Crippen LogP contribution is 2.39. The van der Waals surface area contributed by atoms with E-state index in [1.807, 2.05) is 6.07 Å². The maximum atomic E-state index is 13.9. The van der Waals surface area contributed by atoms with E-state index in [4.69, 9.17) is 4.74 Å². The van der Waals surface area contributed by atoms with E-state index in [1.165, 1.54) is 6.20 Å². The monoisotopic (exact) mass is 475 g/mol. The van der Waals surface area contributed by atoms with Crippen molar-refractivity contribution in [1.29, 1.82) is 0 Å². The predicted octanol–water partition coefficient (Wildman–Crippen LogP) is 3.67. The molecule has 0 spiro atoms. The number of hydrogen-bond donors (Lipinski definition) is 3. The fraction of sp³-hybridized carbons (Fsp3) is 0.522. The summed E-state index contributed by atoms with van der Waals surface area (Å²) in [5.41, 5.74) is -0.183. The molecular weight excluding hydrogens is 447 g/mol. The molecule has 5 heterocycles. The first-order valence-corrected chi connectivity index (χ1v) is 11.5. The number of nitrogens with one attached hydrogen (secondary N) is 3. The summed E-state index contributed by atoms with van der Waals surface area (Å²) in [5, 5.41) is 7.10. The van der Waals surface area contributed by atoms with Gasteiger partial charge in [0.25, 0.3) is 0 Å². The largest absolute Gasteiger partial charge is 0.419 e. The van der Waals surface area contributed by atoms with E-state index in [1.54, 1.807) is 6.07 Å². The molecule has 0 unspecified atom stereocenters. The Morgan fingerprint density at radius 3 is 2.79 bits per heavy atom. The number of hydrogen-bond acceptors (Lipinski definition) is 7. The zero-order chi connectivity index (χ0) is 23.9. The lowest BCUT2D eigenvalue weighted by Gasteiger charge is -2.34. The summed E-state index contributed by atoms with van der Waals surface area (Å²) < 4.78 is 47.1. The first kappa shape index (κ1) is 22.9. The van der Waals surface area contributed by atoms with Crippen molar-refractivity contribution in [3.63, 3.8) is 0 Å². The number of H-pyrrole nitrogens is 1. The van der Waals surface area contributed by atoms with Gasteiger partial charge in [-0.3, -0.25) is 0 Å². The van der Waals surface area contributed by atoms with Crippen molar-refractivity contribution < 1.29 is 17.9 Å². The third-order valence-corrected chi connectivity index (χ3v) is 6.44. The maximum Gasteiger partial charge on any atom is 0.419 e. The molecule has 3 aromatic rings. The van der Waals surface area contributed by atoms with Crippen molar-refractivity contribution in [3.8, 4) is 11.3 Å². The number of aromatic nitrogens is 4. The van der Waals surface area contributed by atoms with E-state index in [-0.39, 0.29) is 23.7 Å². The number of halogens is 3. The zero-order valence-corrected chi connectivity index (χ0v) is 19.1. The van der Waals surface area contributed by atoms with Gasteiger partial charge in [-0.15, -0.1) is 0 Å². The third-order valence-electron chi connectivity index (χ3n) is 6.44. The first-order chi connectivity index (χ1) is 16.3. The second-order valence-electron chi connectivity index (χ2n) is 9.18. The predicted molar refractivity (Wildman–Crippen MR) is 124 cm³/mol. The average molecular weight is 476 g/mol. The van der Waals surface area contributed by atoms with Gasteiger partial charge in [0.2, 0.25) is 5.95 Å². The molecule has 0 aliphatic carbocycles. The first-order valence-electron chi connectivity index (χ1n) is 11.5. The summed E-state index contributed by atoms with van der Waals surface area (Å²) in [5.74, 6) is 1.41. The number of rotatable bonds is 4. The SMILES string of the molecule is C[C@@H]1CNC[C@@H](Nc2ncc(C(F)(F)F)c(-c3c[nH]c4nc(N5CCOC[C@@H]5C)ccc34)n2)C1. The zero-order valence-electron chi connectivity index (χ0n) is 19.1. The Balaban J connectivity index is 1.51. The van der Waals surface area contributed by atoms with Crippen molar-refractivity contribution in [2.24, 2.45) is 5.92 Å². The highest BCUT2D eigenvalue weighted by molar-refractivity contribution is 5.94. The quantitative estimate of drug-likeness (QED) is 0.530. The minimum absolute atomic E-state index is 0.0519. The van der Waals surface area contributed by atoms with Crippen molar-refractivity contribution >= 4 is 22.8 Å².